The van der Waals surface area contributed by atoms with Crippen LogP contribution in [0.2, 0.25) is 0 Å². The highest BCUT2D eigenvalue weighted by atomic mass is 16.2. The van der Waals surface area contributed by atoms with Crippen molar-refractivity contribution in [3.05, 3.63) is 71.2 Å². The predicted octanol–water partition coefficient (Wildman–Crippen LogP) is 3.61. The number of imidazole rings is 1. The number of hydrogen-bond acceptors (Lipinski definition) is 2. The minimum atomic E-state index is 0.0203. The van der Waals surface area contributed by atoms with Crippen molar-refractivity contribution >= 4 is 11.6 Å². The lowest BCUT2D eigenvalue weighted by molar-refractivity contribution is 0.0745. The Balaban J connectivity index is 1.98. The molecular weight excluding hydrogens is 286 g/mol. The minimum Gasteiger partial charge on any atom is -0.333 e. The maximum atomic E-state index is 13.1. The van der Waals surface area contributed by atoms with Gasteiger partial charge in [0.15, 0.2) is 0 Å². The monoisotopic (exact) mass is 307 g/mol. The number of aromatic nitrogens is 2. The molecule has 0 unspecified atom stereocenters. The first-order valence-corrected chi connectivity index (χ1v) is 7.88. The summed E-state index contributed by atoms with van der Waals surface area (Å²) in [6.07, 6.45) is 1.97. The molecule has 0 fully saturated rings. The molecule has 2 aromatic heterocycles. The van der Waals surface area contributed by atoms with Crippen molar-refractivity contribution in [2.75, 3.05) is 6.54 Å². The topological polar surface area (TPSA) is 37.6 Å². The lowest BCUT2D eigenvalue weighted by Gasteiger charge is -2.21. The van der Waals surface area contributed by atoms with Gasteiger partial charge in [-0.25, -0.2) is 4.98 Å². The molecule has 0 saturated carbocycles. The average Bonchev–Trinajstić information content (AvgIpc) is 2.88. The number of hydrogen-bond donors (Lipinski definition) is 0. The zero-order valence-corrected chi connectivity index (χ0v) is 13.8. The van der Waals surface area contributed by atoms with E-state index in [0.29, 0.717) is 18.8 Å². The summed E-state index contributed by atoms with van der Waals surface area (Å²) in [7, 11) is 0. The van der Waals surface area contributed by atoms with E-state index in [0.717, 1.165) is 22.5 Å². The van der Waals surface area contributed by atoms with Crippen LogP contribution in [0.3, 0.4) is 0 Å². The molecule has 0 aliphatic carbocycles. The third-order valence-corrected chi connectivity index (χ3v) is 4.03. The van der Waals surface area contributed by atoms with Crippen molar-refractivity contribution in [2.24, 2.45) is 0 Å². The normalized spacial score (nSPS) is 10.9. The summed E-state index contributed by atoms with van der Waals surface area (Å²) in [5, 5.41) is 0. The van der Waals surface area contributed by atoms with Crippen molar-refractivity contribution in [1.29, 1.82) is 0 Å². The van der Waals surface area contributed by atoms with Crippen LogP contribution in [0, 0.1) is 13.8 Å². The van der Waals surface area contributed by atoms with Gasteiger partial charge in [-0.3, -0.25) is 9.20 Å². The Kier molecular flexibility index (Phi) is 4.15. The van der Waals surface area contributed by atoms with Gasteiger partial charge in [-0.2, -0.15) is 0 Å². The summed E-state index contributed by atoms with van der Waals surface area (Å²) in [5.74, 6) is 0.0203. The zero-order valence-electron chi connectivity index (χ0n) is 13.8. The summed E-state index contributed by atoms with van der Waals surface area (Å²) in [6, 6.07) is 14.0. The number of amides is 1. The molecule has 0 atom stereocenters. The van der Waals surface area contributed by atoms with E-state index in [1.165, 1.54) is 0 Å². The summed E-state index contributed by atoms with van der Waals surface area (Å²) in [6.45, 7) is 7.18. The Bertz CT molecular complexity index is 836. The number of rotatable bonds is 4. The number of pyridine rings is 1. The Hall–Kier alpha value is -2.62. The van der Waals surface area contributed by atoms with E-state index in [1.807, 2.05) is 78.7 Å². The van der Waals surface area contributed by atoms with Gasteiger partial charge in [-0.1, -0.05) is 36.4 Å². The molecule has 0 spiro atoms. The highest BCUT2D eigenvalue weighted by Crippen LogP contribution is 2.17. The van der Waals surface area contributed by atoms with Crippen molar-refractivity contribution in [3.63, 3.8) is 0 Å². The fraction of sp³-hybridized carbons (Fsp3) is 0.263. The van der Waals surface area contributed by atoms with Crippen LogP contribution in [-0.2, 0) is 6.54 Å². The van der Waals surface area contributed by atoms with Crippen LogP contribution in [0.25, 0.3) is 5.65 Å². The number of carbonyl (C=O) groups is 1. The van der Waals surface area contributed by atoms with E-state index in [-0.39, 0.29) is 5.91 Å². The van der Waals surface area contributed by atoms with E-state index in [9.17, 15) is 4.79 Å². The molecule has 0 radical (unpaired) electrons. The van der Waals surface area contributed by atoms with Crippen LogP contribution in [0.5, 0.6) is 0 Å². The molecule has 0 aliphatic rings. The highest BCUT2D eigenvalue weighted by Gasteiger charge is 2.21. The molecule has 2 heterocycles. The van der Waals surface area contributed by atoms with E-state index < -0.39 is 0 Å². The quantitative estimate of drug-likeness (QED) is 0.738. The fourth-order valence-electron chi connectivity index (χ4n) is 2.81. The molecule has 4 nitrogen and oxygen atoms in total. The highest BCUT2D eigenvalue weighted by molar-refractivity contribution is 5.94. The predicted molar refractivity (Wildman–Crippen MR) is 91.5 cm³/mol. The van der Waals surface area contributed by atoms with Gasteiger partial charge in [0.25, 0.3) is 5.91 Å². The first-order chi connectivity index (χ1) is 11.1. The number of fused-ring (bicyclic) bond motifs is 1. The van der Waals surface area contributed by atoms with Crippen molar-refractivity contribution < 1.29 is 4.79 Å². The third kappa shape index (κ3) is 2.97. The molecule has 118 valence electrons. The zero-order chi connectivity index (χ0) is 16.4. The standard InChI is InChI=1S/C19H21N3O/c1-4-21(13-16-8-6-5-7-9-16)19(23)18-15(3)20-17-11-10-14(2)12-22(17)18/h5-12H,4,13H2,1-3H3. The van der Waals surface area contributed by atoms with Crippen LogP contribution in [0.4, 0.5) is 0 Å². The largest absolute Gasteiger partial charge is 0.333 e. The van der Waals surface area contributed by atoms with E-state index in [1.54, 1.807) is 0 Å². The van der Waals surface area contributed by atoms with Gasteiger partial charge in [0, 0.05) is 19.3 Å². The molecule has 0 aliphatic heterocycles. The van der Waals surface area contributed by atoms with Crippen LogP contribution in [0.1, 0.15) is 34.2 Å². The number of carbonyl (C=O) groups excluding carboxylic acids is 1. The maximum Gasteiger partial charge on any atom is 0.273 e. The van der Waals surface area contributed by atoms with Gasteiger partial charge in [0.2, 0.25) is 0 Å². The van der Waals surface area contributed by atoms with Gasteiger partial charge in [0.1, 0.15) is 11.3 Å². The number of aryl methyl sites for hydroxylation is 2. The molecule has 3 rings (SSSR count). The summed E-state index contributed by atoms with van der Waals surface area (Å²) >= 11 is 0. The molecular formula is C19H21N3O. The molecule has 1 aromatic carbocycles. The maximum absolute atomic E-state index is 13.1. The van der Waals surface area contributed by atoms with Gasteiger partial charge in [-0.15, -0.1) is 0 Å². The summed E-state index contributed by atoms with van der Waals surface area (Å²) in [5.41, 5.74) is 4.47. The van der Waals surface area contributed by atoms with Crippen molar-refractivity contribution in [1.82, 2.24) is 14.3 Å². The van der Waals surface area contributed by atoms with E-state index >= 15 is 0 Å². The Morgan fingerprint density at radius 3 is 2.57 bits per heavy atom. The molecule has 0 bridgehead atoms. The Morgan fingerprint density at radius 1 is 1.13 bits per heavy atom. The second kappa shape index (κ2) is 6.24. The molecule has 4 heteroatoms. The second-order valence-corrected chi connectivity index (χ2v) is 5.79. The van der Waals surface area contributed by atoms with Crippen molar-refractivity contribution in [3.8, 4) is 0 Å². The van der Waals surface area contributed by atoms with Gasteiger partial charge < -0.3 is 4.90 Å². The lowest BCUT2D eigenvalue weighted by Crippen LogP contribution is -2.31. The Morgan fingerprint density at radius 2 is 1.87 bits per heavy atom. The minimum absolute atomic E-state index is 0.0203. The molecule has 1 amide bonds. The van der Waals surface area contributed by atoms with Crippen LogP contribution in [-0.4, -0.2) is 26.7 Å². The van der Waals surface area contributed by atoms with Crippen LogP contribution < -0.4 is 0 Å². The van der Waals surface area contributed by atoms with E-state index in [2.05, 4.69) is 4.98 Å². The molecule has 0 N–H and O–H groups in total. The van der Waals surface area contributed by atoms with Crippen LogP contribution in [0.15, 0.2) is 48.7 Å². The lowest BCUT2D eigenvalue weighted by atomic mass is 10.2. The first kappa shape index (κ1) is 15.3. The Labute approximate surface area is 136 Å². The second-order valence-electron chi connectivity index (χ2n) is 5.79. The smallest absolute Gasteiger partial charge is 0.273 e. The van der Waals surface area contributed by atoms with Crippen LogP contribution >= 0.6 is 0 Å². The molecule has 0 saturated heterocycles. The molecule has 3 aromatic rings. The fourth-order valence-corrected chi connectivity index (χ4v) is 2.81. The summed E-state index contributed by atoms with van der Waals surface area (Å²) < 4.78 is 1.90. The first-order valence-electron chi connectivity index (χ1n) is 7.88. The average molecular weight is 307 g/mol. The number of benzene rings is 1. The van der Waals surface area contributed by atoms with Gasteiger partial charge in [-0.05, 0) is 38.0 Å². The number of nitrogens with zero attached hydrogens (tertiary/aromatic N) is 3. The summed E-state index contributed by atoms with van der Waals surface area (Å²) in [4.78, 5) is 19.4. The third-order valence-electron chi connectivity index (χ3n) is 4.03. The van der Waals surface area contributed by atoms with E-state index in [4.69, 9.17) is 0 Å². The van der Waals surface area contributed by atoms with Gasteiger partial charge in [0.05, 0.1) is 5.69 Å². The van der Waals surface area contributed by atoms with Crippen molar-refractivity contribution in [2.45, 2.75) is 27.3 Å². The molecule has 23 heavy (non-hydrogen) atoms. The van der Waals surface area contributed by atoms with Gasteiger partial charge >= 0.3 is 0 Å². The SMILES string of the molecule is CCN(Cc1ccccc1)C(=O)c1c(C)nc2ccc(C)cn12.